The second kappa shape index (κ2) is 8.45. The van der Waals surface area contributed by atoms with Crippen LogP contribution in [0.5, 0.6) is 0 Å². The third kappa shape index (κ3) is 4.04. The molecule has 0 bridgehead atoms. The third-order valence-corrected chi connectivity index (χ3v) is 7.69. The first-order valence-corrected chi connectivity index (χ1v) is 12.3. The zero-order valence-electron chi connectivity index (χ0n) is 18.1. The molecule has 1 aromatic carbocycles. The first-order valence-electron chi connectivity index (χ1n) is 9.94. The van der Waals surface area contributed by atoms with E-state index >= 15 is 0 Å². The highest BCUT2D eigenvalue weighted by Crippen LogP contribution is 2.29. The van der Waals surface area contributed by atoms with Crippen molar-refractivity contribution in [1.82, 2.24) is 19.1 Å². The average Bonchev–Trinajstić information content (AvgIpc) is 3.43. The van der Waals surface area contributed by atoms with Gasteiger partial charge in [0.2, 0.25) is 10.0 Å². The number of aromatic nitrogens is 3. The maximum Gasteiger partial charge on any atom is 0.256 e. The smallest absolute Gasteiger partial charge is 0.256 e. The molecule has 4 aromatic rings. The Kier molecular flexibility index (Phi) is 5.85. The van der Waals surface area contributed by atoms with Gasteiger partial charge in [0, 0.05) is 25.8 Å². The first-order chi connectivity index (χ1) is 15.2. The van der Waals surface area contributed by atoms with Crippen molar-refractivity contribution >= 4 is 44.0 Å². The molecule has 0 saturated heterocycles. The monoisotopic (exact) mass is 469 g/mol. The zero-order chi connectivity index (χ0) is 23.0. The highest BCUT2D eigenvalue weighted by atomic mass is 32.2. The fourth-order valence-corrected chi connectivity index (χ4v) is 4.84. The van der Waals surface area contributed by atoms with Crippen LogP contribution in [-0.2, 0) is 10.0 Å². The molecule has 0 fully saturated rings. The van der Waals surface area contributed by atoms with Gasteiger partial charge in [0.1, 0.15) is 0 Å². The van der Waals surface area contributed by atoms with E-state index in [2.05, 4.69) is 10.4 Å². The van der Waals surface area contributed by atoms with Crippen molar-refractivity contribution in [3.63, 3.8) is 0 Å². The number of pyridine rings is 1. The summed E-state index contributed by atoms with van der Waals surface area (Å²) in [5.41, 5.74) is 2.29. The second-order valence-electron chi connectivity index (χ2n) is 7.72. The van der Waals surface area contributed by atoms with Gasteiger partial charge in [0.05, 0.1) is 32.6 Å². The molecule has 3 aromatic heterocycles. The van der Waals surface area contributed by atoms with Crippen molar-refractivity contribution in [2.45, 2.75) is 24.8 Å². The molecule has 3 heterocycles. The van der Waals surface area contributed by atoms with Crippen molar-refractivity contribution in [3.05, 3.63) is 59.6 Å². The minimum absolute atomic E-state index is 0.0840. The van der Waals surface area contributed by atoms with Crippen LogP contribution in [0.1, 0.15) is 30.2 Å². The van der Waals surface area contributed by atoms with Crippen molar-refractivity contribution in [2.75, 3.05) is 19.4 Å². The standard InChI is InChI=1S/C22H23N5O3S2/c1-14(2)27-21-18(13-23-27)17(12-19(25-21)20-6-5-11-31-20)22(28)24-15-7-9-16(10-8-15)32(29,30)26(3)4/h5-14H,1-4H3,(H,24,28). The van der Waals surface area contributed by atoms with E-state index in [4.69, 9.17) is 4.98 Å². The summed E-state index contributed by atoms with van der Waals surface area (Å²) in [5.74, 6) is -0.318. The van der Waals surface area contributed by atoms with Gasteiger partial charge in [-0.2, -0.15) is 5.10 Å². The van der Waals surface area contributed by atoms with Crippen molar-refractivity contribution in [3.8, 4) is 10.6 Å². The number of thiophene rings is 1. The number of fused-ring (bicyclic) bond motifs is 1. The number of benzene rings is 1. The predicted octanol–water partition coefficient (Wildman–Crippen LogP) is 4.24. The Bertz CT molecular complexity index is 1370. The molecule has 0 saturated carbocycles. The maximum absolute atomic E-state index is 13.2. The Morgan fingerprint density at radius 1 is 1.16 bits per heavy atom. The number of amides is 1. The lowest BCUT2D eigenvalue weighted by molar-refractivity contribution is 0.102. The first kappa shape index (κ1) is 22.1. The van der Waals surface area contributed by atoms with Crippen LogP contribution in [0.3, 0.4) is 0 Å². The molecule has 1 amide bonds. The lowest BCUT2D eigenvalue weighted by Crippen LogP contribution is -2.22. The zero-order valence-corrected chi connectivity index (χ0v) is 19.7. The van der Waals surface area contributed by atoms with Crippen LogP contribution in [0.25, 0.3) is 21.6 Å². The highest BCUT2D eigenvalue weighted by Gasteiger charge is 2.20. The molecular formula is C22H23N5O3S2. The van der Waals surface area contributed by atoms with Gasteiger partial charge in [0.15, 0.2) is 5.65 Å². The van der Waals surface area contributed by atoms with Gasteiger partial charge in [-0.05, 0) is 55.6 Å². The van der Waals surface area contributed by atoms with Crippen molar-refractivity contribution in [1.29, 1.82) is 0 Å². The minimum atomic E-state index is -3.54. The van der Waals surface area contributed by atoms with Gasteiger partial charge >= 0.3 is 0 Å². The van der Waals surface area contributed by atoms with E-state index in [0.717, 1.165) is 9.18 Å². The summed E-state index contributed by atoms with van der Waals surface area (Å²) < 4.78 is 27.5. The Labute approximate surface area is 190 Å². The number of anilines is 1. The van der Waals surface area contributed by atoms with Gasteiger partial charge in [-0.1, -0.05) is 6.07 Å². The molecule has 166 valence electrons. The lowest BCUT2D eigenvalue weighted by atomic mass is 10.1. The van der Waals surface area contributed by atoms with Crippen molar-refractivity contribution < 1.29 is 13.2 Å². The summed E-state index contributed by atoms with van der Waals surface area (Å²) in [4.78, 5) is 19.1. The van der Waals surface area contributed by atoms with E-state index in [9.17, 15) is 13.2 Å². The molecule has 10 heteroatoms. The summed E-state index contributed by atoms with van der Waals surface area (Å²) >= 11 is 1.55. The molecule has 0 aliphatic carbocycles. The fourth-order valence-electron chi connectivity index (χ4n) is 3.25. The van der Waals surface area contributed by atoms with E-state index in [1.807, 2.05) is 31.4 Å². The highest BCUT2D eigenvalue weighted by molar-refractivity contribution is 7.89. The molecule has 0 aliphatic rings. The van der Waals surface area contributed by atoms with Crippen LogP contribution in [0.4, 0.5) is 5.69 Å². The van der Waals surface area contributed by atoms with Crippen LogP contribution in [-0.4, -0.2) is 47.5 Å². The predicted molar refractivity (Wildman–Crippen MR) is 126 cm³/mol. The molecule has 0 spiro atoms. The summed E-state index contributed by atoms with van der Waals surface area (Å²) in [6.07, 6.45) is 1.65. The number of nitrogens with zero attached hydrogens (tertiary/aromatic N) is 4. The van der Waals surface area contributed by atoms with E-state index in [1.54, 1.807) is 40.4 Å². The van der Waals surface area contributed by atoms with E-state index < -0.39 is 10.0 Å². The van der Waals surface area contributed by atoms with E-state index in [1.165, 1.54) is 26.2 Å². The van der Waals surface area contributed by atoms with E-state index in [0.29, 0.717) is 28.0 Å². The van der Waals surface area contributed by atoms with Crippen LogP contribution in [0.2, 0.25) is 0 Å². The van der Waals surface area contributed by atoms with Gasteiger partial charge in [-0.25, -0.2) is 22.4 Å². The molecule has 32 heavy (non-hydrogen) atoms. The number of rotatable bonds is 6. The summed E-state index contributed by atoms with van der Waals surface area (Å²) in [6, 6.07) is 11.8. The van der Waals surface area contributed by atoms with Crippen LogP contribution in [0.15, 0.2) is 58.9 Å². The van der Waals surface area contributed by atoms with Crippen LogP contribution < -0.4 is 5.32 Å². The number of nitrogens with one attached hydrogen (secondary N) is 1. The minimum Gasteiger partial charge on any atom is -0.322 e. The Hall–Kier alpha value is -3.08. The molecule has 0 atom stereocenters. The largest absolute Gasteiger partial charge is 0.322 e. The molecule has 1 N–H and O–H groups in total. The fraction of sp³-hybridized carbons (Fsp3) is 0.227. The number of hydrogen-bond donors (Lipinski definition) is 1. The topological polar surface area (TPSA) is 97.2 Å². The Balaban J connectivity index is 1.72. The number of sulfonamides is 1. The molecule has 0 unspecified atom stereocenters. The van der Waals surface area contributed by atoms with Crippen molar-refractivity contribution in [2.24, 2.45) is 0 Å². The Morgan fingerprint density at radius 2 is 1.88 bits per heavy atom. The van der Waals surface area contributed by atoms with E-state index in [-0.39, 0.29) is 16.8 Å². The quantitative estimate of drug-likeness (QED) is 0.455. The molecular weight excluding hydrogens is 446 g/mol. The average molecular weight is 470 g/mol. The normalized spacial score (nSPS) is 12.1. The van der Waals surface area contributed by atoms with Gasteiger partial charge in [-0.15, -0.1) is 11.3 Å². The number of carbonyl (C=O) groups is 1. The lowest BCUT2D eigenvalue weighted by Gasteiger charge is -2.12. The van der Waals surface area contributed by atoms with Gasteiger partial charge in [0.25, 0.3) is 5.91 Å². The summed E-state index contributed by atoms with van der Waals surface area (Å²) in [7, 11) is -0.588. The second-order valence-corrected chi connectivity index (χ2v) is 10.8. The summed E-state index contributed by atoms with van der Waals surface area (Å²) in [6.45, 7) is 4.02. The van der Waals surface area contributed by atoms with Crippen LogP contribution >= 0.6 is 11.3 Å². The van der Waals surface area contributed by atoms with Gasteiger partial charge in [-0.3, -0.25) is 4.79 Å². The number of carbonyl (C=O) groups excluding carboxylic acids is 1. The number of hydrogen-bond acceptors (Lipinski definition) is 6. The third-order valence-electron chi connectivity index (χ3n) is 4.96. The SMILES string of the molecule is CC(C)n1ncc2c(C(=O)Nc3ccc(S(=O)(=O)N(C)C)cc3)cc(-c3cccs3)nc21. The molecule has 0 radical (unpaired) electrons. The van der Waals surface area contributed by atoms with Crippen LogP contribution in [0, 0.1) is 0 Å². The van der Waals surface area contributed by atoms with Gasteiger partial charge < -0.3 is 5.32 Å². The molecule has 0 aliphatic heterocycles. The Morgan fingerprint density at radius 3 is 2.47 bits per heavy atom. The maximum atomic E-state index is 13.2. The molecule has 8 nitrogen and oxygen atoms in total. The summed E-state index contributed by atoms with van der Waals surface area (Å²) in [5, 5.41) is 9.91. The molecule has 4 rings (SSSR count).